The highest BCUT2D eigenvalue weighted by atomic mass is 32.2. The second kappa shape index (κ2) is 8.87. The molecule has 0 radical (unpaired) electrons. The summed E-state index contributed by atoms with van der Waals surface area (Å²) >= 11 is 1.65. The number of benzene rings is 3. The fourth-order valence-electron chi connectivity index (χ4n) is 4.03. The van der Waals surface area contributed by atoms with Gasteiger partial charge in [0.05, 0.1) is 16.6 Å². The number of aryl methyl sites for hydroxylation is 1. The van der Waals surface area contributed by atoms with E-state index in [2.05, 4.69) is 43.6 Å². The molecule has 0 saturated heterocycles. The summed E-state index contributed by atoms with van der Waals surface area (Å²) in [5.41, 5.74) is 2.66. The van der Waals surface area contributed by atoms with Gasteiger partial charge in [-0.05, 0) is 60.8 Å². The van der Waals surface area contributed by atoms with Gasteiger partial charge in [0.15, 0.2) is 5.82 Å². The van der Waals surface area contributed by atoms with Crippen molar-refractivity contribution in [3.63, 3.8) is 0 Å². The summed E-state index contributed by atoms with van der Waals surface area (Å²) in [6.45, 7) is 1.66. The molecule has 0 unspecified atom stereocenters. The summed E-state index contributed by atoms with van der Waals surface area (Å²) in [6, 6.07) is 21.2. The maximum absolute atomic E-state index is 13.2. The first-order chi connectivity index (χ1) is 17.9. The Morgan fingerprint density at radius 2 is 1.81 bits per heavy atom. The van der Waals surface area contributed by atoms with Crippen LogP contribution < -0.4 is 10.0 Å². The van der Waals surface area contributed by atoms with Crippen LogP contribution in [-0.2, 0) is 10.0 Å². The molecule has 11 heteroatoms. The van der Waals surface area contributed by atoms with Crippen molar-refractivity contribution in [2.75, 3.05) is 10.0 Å². The second-order valence-corrected chi connectivity index (χ2v) is 11.2. The number of carbonyl (C=O) groups excluding carboxylic acids is 1. The minimum atomic E-state index is -3.86. The summed E-state index contributed by atoms with van der Waals surface area (Å²) in [5.74, 6) is 0.260. The third kappa shape index (κ3) is 4.46. The van der Waals surface area contributed by atoms with Gasteiger partial charge in [-0.15, -0.1) is 11.3 Å². The van der Waals surface area contributed by atoms with E-state index in [1.165, 1.54) is 30.3 Å². The van der Waals surface area contributed by atoms with Gasteiger partial charge in [0, 0.05) is 37.8 Å². The van der Waals surface area contributed by atoms with E-state index >= 15 is 0 Å². The Labute approximate surface area is 215 Å². The van der Waals surface area contributed by atoms with Crippen molar-refractivity contribution in [3.8, 4) is 10.4 Å². The molecular formula is C26H19N5O4S2. The molecule has 184 valence electrons. The lowest BCUT2D eigenvalue weighted by Crippen LogP contribution is -2.14. The van der Waals surface area contributed by atoms with Crippen LogP contribution in [-0.4, -0.2) is 29.7 Å². The number of fused-ring (bicyclic) bond motifs is 2. The Morgan fingerprint density at radius 1 is 1.00 bits per heavy atom. The Kier molecular flexibility index (Phi) is 5.50. The number of aromatic amines is 1. The molecule has 3 aromatic carbocycles. The van der Waals surface area contributed by atoms with Crippen LogP contribution in [0.15, 0.2) is 88.4 Å². The first-order valence-electron chi connectivity index (χ1n) is 11.2. The van der Waals surface area contributed by atoms with Crippen LogP contribution in [0.1, 0.15) is 16.1 Å². The molecule has 0 aliphatic carbocycles. The summed E-state index contributed by atoms with van der Waals surface area (Å²) in [7, 11) is -3.86. The first-order valence-corrected chi connectivity index (χ1v) is 13.5. The zero-order chi connectivity index (χ0) is 25.6. The monoisotopic (exact) mass is 529 g/mol. The molecule has 3 heterocycles. The standard InChI is InChI=1S/C26H19N5O4S2/c1-15-10-24(30-35-15)31-37(33,34)20-8-6-19(7-9-20)28-26(32)17-11-18-14-27-29-25(18)21(12-17)23-13-16-4-2-3-5-22(16)36-23/h2-14H,1H3,(H,27,29)(H,28,32)(H,30,31). The van der Waals surface area contributed by atoms with Crippen molar-refractivity contribution in [2.24, 2.45) is 0 Å². The lowest BCUT2D eigenvalue weighted by Gasteiger charge is -2.09. The number of carbonyl (C=O) groups is 1. The SMILES string of the molecule is Cc1cc(NS(=O)(=O)c2ccc(NC(=O)c3cc(-c4cc5ccccc5s4)c4[nH]ncc4c3)cc2)no1. The van der Waals surface area contributed by atoms with Gasteiger partial charge >= 0.3 is 0 Å². The van der Waals surface area contributed by atoms with Crippen LogP contribution in [0.25, 0.3) is 31.4 Å². The predicted molar refractivity (Wildman–Crippen MR) is 143 cm³/mol. The van der Waals surface area contributed by atoms with E-state index in [1.807, 2.05) is 18.2 Å². The van der Waals surface area contributed by atoms with Crippen LogP contribution >= 0.6 is 11.3 Å². The van der Waals surface area contributed by atoms with E-state index in [0.717, 1.165) is 31.4 Å². The van der Waals surface area contributed by atoms with E-state index in [1.54, 1.807) is 30.5 Å². The maximum Gasteiger partial charge on any atom is 0.263 e. The molecule has 6 aromatic rings. The molecule has 3 N–H and O–H groups in total. The lowest BCUT2D eigenvalue weighted by atomic mass is 10.0. The lowest BCUT2D eigenvalue weighted by molar-refractivity contribution is 0.102. The minimum absolute atomic E-state index is 0.0259. The number of rotatable bonds is 6. The van der Waals surface area contributed by atoms with E-state index in [0.29, 0.717) is 17.0 Å². The second-order valence-electron chi connectivity index (χ2n) is 8.41. The molecule has 1 amide bonds. The number of sulfonamides is 1. The van der Waals surface area contributed by atoms with Crippen molar-refractivity contribution in [3.05, 3.63) is 90.3 Å². The Hall–Kier alpha value is -4.48. The van der Waals surface area contributed by atoms with E-state index in [-0.39, 0.29) is 16.6 Å². The highest BCUT2D eigenvalue weighted by molar-refractivity contribution is 7.92. The van der Waals surface area contributed by atoms with E-state index in [9.17, 15) is 13.2 Å². The smallest absolute Gasteiger partial charge is 0.263 e. The van der Waals surface area contributed by atoms with E-state index < -0.39 is 10.0 Å². The summed E-state index contributed by atoms with van der Waals surface area (Å²) in [4.78, 5) is 14.2. The van der Waals surface area contributed by atoms with Crippen LogP contribution in [0.3, 0.4) is 0 Å². The zero-order valence-electron chi connectivity index (χ0n) is 19.3. The highest BCUT2D eigenvalue weighted by Gasteiger charge is 2.18. The van der Waals surface area contributed by atoms with Gasteiger partial charge in [0.25, 0.3) is 15.9 Å². The van der Waals surface area contributed by atoms with E-state index in [4.69, 9.17) is 4.52 Å². The number of anilines is 2. The molecule has 0 fully saturated rings. The highest BCUT2D eigenvalue weighted by Crippen LogP contribution is 2.37. The molecule has 0 aliphatic heterocycles. The number of nitrogens with zero attached hydrogens (tertiary/aromatic N) is 2. The molecule has 0 saturated carbocycles. The average molecular weight is 530 g/mol. The van der Waals surface area contributed by atoms with Gasteiger partial charge in [-0.3, -0.25) is 14.6 Å². The number of hydrogen-bond acceptors (Lipinski definition) is 7. The number of aromatic nitrogens is 3. The number of H-pyrrole nitrogens is 1. The fourth-order valence-corrected chi connectivity index (χ4v) is 6.10. The molecular weight excluding hydrogens is 510 g/mol. The van der Waals surface area contributed by atoms with Crippen molar-refractivity contribution in [1.29, 1.82) is 0 Å². The van der Waals surface area contributed by atoms with Crippen LogP contribution in [0, 0.1) is 6.92 Å². The quantitative estimate of drug-likeness (QED) is 0.250. The Bertz CT molecular complexity index is 1850. The Balaban J connectivity index is 1.26. The fraction of sp³-hybridized carbons (Fsp3) is 0.0385. The number of nitrogens with one attached hydrogen (secondary N) is 3. The van der Waals surface area contributed by atoms with Crippen LogP contribution in [0.4, 0.5) is 11.5 Å². The first kappa shape index (κ1) is 23.0. The van der Waals surface area contributed by atoms with Gasteiger partial charge in [-0.25, -0.2) is 8.42 Å². The minimum Gasteiger partial charge on any atom is -0.360 e. The molecule has 3 aromatic heterocycles. The summed E-state index contributed by atoms with van der Waals surface area (Å²) < 4.78 is 33.6. The number of amides is 1. The average Bonchev–Trinajstić information content (AvgIpc) is 3.62. The van der Waals surface area contributed by atoms with Crippen molar-refractivity contribution >= 4 is 59.8 Å². The third-order valence-electron chi connectivity index (χ3n) is 5.79. The molecule has 6 rings (SSSR count). The molecule has 0 bridgehead atoms. The van der Waals surface area contributed by atoms with Crippen molar-refractivity contribution in [1.82, 2.24) is 15.4 Å². The van der Waals surface area contributed by atoms with Crippen molar-refractivity contribution < 1.29 is 17.7 Å². The predicted octanol–water partition coefficient (Wildman–Crippen LogP) is 5.79. The van der Waals surface area contributed by atoms with Crippen LogP contribution in [0.2, 0.25) is 0 Å². The Morgan fingerprint density at radius 3 is 2.57 bits per heavy atom. The van der Waals surface area contributed by atoms with Gasteiger partial charge < -0.3 is 9.84 Å². The van der Waals surface area contributed by atoms with Gasteiger partial charge in [0.1, 0.15) is 5.76 Å². The summed E-state index contributed by atoms with van der Waals surface area (Å²) in [5, 5.41) is 15.6. The number of hydrogen-bond donors (Lipinski definition) is 3. The molecule has 0 aliphatic rings. The zero-order valence-corrected chi connectivity index (χ0v) is 21.0. The van der Waals surface area contributed by atoms with Crippen molar-refractivity contribution in [2.45, 2.75) is 11.8 Å². The normalized spacial score (nSPS) is 11.7. The summed E-state index contributed by atoms with van der Waals surface area (Å²) in [6.07, 6.45) is 1.69. The molecule has 0 atom stereocenters. The third-order valence-corrected chi connectivity index (χ3v) is 8.31. The molecule has 0 spiro atoms. The topological polar surface area (TPSA) is 130 Å². The largest absolute Gasteiger partial charge is 0.360 e. The van der Waals surface area contributed by atoms with Crippen LogP contribution in [0.5, 0.6) is 0 Å². The molecule has 9 nitrogen and oxygen atoms in total. The maximum atomic E-state index is 13.2. The van der Waals surface area contributed by atoms with Gasteiger partial charge in [-0.1, -0.05) is 23.4 Å². The molecule has 37 heavy (non-hydrogen) atoms. The van der Waals surface area contributed by atoms with Gasteiger partial charge in [0.2, 0.25) is 0 Å². The number of thiophene rings is 1. The van der Waals surface area contributed by atoms with Gasteiger partial charge in [-0.2, -0.15) is 5.10 Å².